The van der Waals surface area contributed by atoms with Crippen LogP contribution in [0.2, 0.25) is 0 Å². The van der Waals surface area contributed by atoms with Crippen LogP contribution in [0.4, 0.5) is 5.69 Å². The van der Waals surface area contributed by atoms with Gasteiger partial charge in [0.05, 0.1) is 18.1 Å². The van der Waals surface area contributed by atoms with Gasteiger partial charge in [0.2, 0.25) is 0 Å². The molecule has 1 N–H and O–H groups in total. The molecule has 1 heterocycles. The summed E-state index contributed by atoms with van der Waals surface area (Å²) >= 11 is 3.42. The van der Waals surface area contributed by atoms with Gasteiger partial charge in [-0.2, -0.15) is 0 Å². The molecule has 2 rings (SSSR count). The Hall–Kier alpha value is -1.55. The van der Waals surface area contributed by atoms with Gasteiger partial charge in [0.25, 0.3) is 0 Å². The quantitative estimate of drug-likeness (QED) is 0.864. The summed E-state index contributed by atoms with van der Waals surface area (Å²) in [6.07, 6.45) is 4.63. The minimum Gasteiger partial charge on any atom is -0.487 e. The van der Waals surface area contributed by atoms with Crippen LogP contribution in [0.5, 0.6) is 5.75 Å². The van der Waals surface area contributed by atoms with E-state index in [0.29, 0.717) is 6.61 Å². The van der Waals surface area contributed by atoms with Gasteiger partial charge in [-0.15, -0.1) is 0 Å². The van der Waals surface area contributed by atoms with E-state index >= 15 is 0 Å². The largest absolute Gasteiger partial charge is 0.487 e. The highest BCUT2D eigenvalue weighted by Crippen LogP contribution is 2.17. The zero-order valence-corrected chi connectivity index (χ0v) is 12.5. The van der Waals surface area contributed by atoms with Gasteiger partial charge in [-0.3, -0.25) is 4.98 Å². The normalized spacial score (nSPS) is 10.2. The summed E-state index contributed by atoms with van der Waals surface area (Å²) in [7, 11) is 0. The fraction of sp³-hybridized carbons (Fsp3) is 0.267. The van der Waals surface area contributed by atoms with E-state index in [-0.39, 0.29) is 0 Å². The summed E-state index contributed by atoms with van der Waals surface area (Å²) in [4.78, 5) is 4.17. The van der Waals surface area contributed by atoms with Crippen molar-refractivity contribution in [3.05, 3.63) is 52.8 Å². The van der Waals surface area contributed by atoms with Gasteiger partial charge in [0.1, 0.15) is 12.4 Å². The second kappa shape index (κ2) is 7.14. The Labute approximate surface area is 122 Å². The zero-order chi connectivity index (χ0) is 13.5. The zero-order valence-electron chi connectivity index (χ0n) is 10.9. The summed E-state index contributed by atoms with van der Waals surface area (Å²) in [5.74, 6) is 0.782. The highest BCUT2D eigenvalue weighted by Gasteiger charge is 1.99. The molecule has 0 saturated carbocycles. The molecule has 0 spiro atoms. The van der Waals surface area contributed by atoms with Crippen LogP contribution in [0.15, 0.2) is 47.2 Å². The second-order valence-electron chi connectivity index (χ2n) is 4.25. The van der Waals surface area contributed by atoms with Crippen molar-refractivity contribution in [3.63, 3.8) is 0 Å². The van der Waals surface area contributed by atoms with Crippen molar-refractivity contribution in [2.75, 3.05) is 11.9 Å². The first-order chi connectivity index (χ1) is 9.28. The van der Waals surface area contributed by atoms with E-state index in [1.54, 1.807) is 6.20 Å². The van der Waals surface area contributed by atoms with E-state index in [4.69, 9.17) is 4.74 Å². The fourth-order valence-corrected chi connectivity index (χ4v) is 1.88. The Kier molecular flexibility index (Phi) is 5.21. The first kappa shape index (κ1) is 13.9. The Morgan fingerprint density at radius 2 is 2.00 bits per heavy atom. The number of nitrogens with zero attached hydrogens (tertiary/aromatic N) is 1. The van der Waals surface area contributed by atoms with Crippen LogP contribution in [0.3, 0.4) is 0 Å². The number of benzene rings is 1. The van der Waals surface area contributed by atoms with Crippen LogP contribution in [-0.2, 0) is 6.61 Å². The fourth-order valence-electron chi connectivity index (χ4n) is 1.61. The molecule has 1 aromatic carbocycles. The Morgan fingerprint density at radius 3 is 2.74 bits per heavy atom. The molecule has 0 aliphatic heterocycles. The molecule has 4 heteroatoms. The van der Waals surface area contributed by atoms with Crippen molar-refractivity contribution in [1.82, 2.24) is 4.98 Å². The number of anilines is 1. The van der Waals surface area contributed by atoms with Gasteiger partial charge in [-0.25, -0.2) is 0 Å². The average Bonchev–Trinajstić information content (AvgIpc) is 2.45. The number of aromatic nitrogens is 1. The number of hydrogen-bond donors (Lipinski definition) is 1. The van der Waals surface area contributed by atoms with E-state index in [1.165, 1.54) is 0 Å². The van der Waals surface area contributed by atoms with Crippen molar-refractivity contribution in [3.8, 4) is 5.75 Å². The maximum atomic E-state index is 5.73. The number of ether oxygens (including phenoxy) is 1. The molecule has 0 atom stereocenters. The van der Waals surface area contributed by atoms with Crippen molar-refractivity contribution in [2.24, 2.45) is 0 Å². The smallest absolute Gasteiger partial charge is 0.140 e. The van der Waals surface area contributed by atoms with E-state index in [2.05, 4.69) is 33.2 Å². The highest BCUT2D eigenvalue weighted by molar-refractivity contribution is 9.10. The van der Waals surface area contributed by atoms with Crippen molar-refractivity contribution in [1.29, 1.82) is 0 Å². The molecule has 1 aromatic heterocycles. The van der Waals surface area contributed by atoms with Crippen LogP contribution in [0.1, 0.15) is 18.9 Å². The number of nitrogens with one attached hydrogen (secondary N) is 1. The average molecular weight is 321 g/mol. The minimum absolute atomic E-state index is 0.548. The van der Waals surface area contributed by atoms with E-state index in [1.807, 2.05) is 36.5 Å². The predicted molar refractivity (Wildman–Crippen MR) is 81.5 cm³/mol. The van der Waals surface area contributed by atoms with Crippen LogP contribution in [0.25, 0.3) is 0 Å². The summed E-state index contributed by atoms with van der Waals surface area (Å²) in [6, 6.07) is 10.1. The third kappa shape index (κ3) is 4.56. The van der Waals surface area contributed by atoms with Crippen LogP contribution in [-0.4, -0.2) is 11.5 Å². The summed E-state index contributed by atoms with van der Waals surface area (Å²) in [5, 5.41) is 3.29. The molecular weight excluding hydrogens is 304 g/mol. The van der Waals surface area contributed by atoms with Crippen molar-refractivity contribution >= 4 is 21.6 Å². The number of hydrogen-bond acceptors (Lipinski definition) is 3. The molecule has 0 unspecified atom stereocenters. The van der Waals surface area contributed by atoms with Gasteiger partial charge in [-0.1, -0.05) is 35.0 Å². The molecule has 100 valence electrons. The Morgan fingerprint density at radius 1 is 1.21 bits per heavy atom. The first-order valence-electron chi connectivity index (χ1n) is 6.34. The molecule has 0 radical (unpaired) electrons. The second-order valence-corrected chi connectivity index (χ2v) is 5.17. The lowest BCUT2D eigenvalue weighted by atomic mass is 10.2. The van der Waals surface area contributed by atoms with E-state index in [0.717, 1.165) is 34.4 Å². The first-order valence-corrected chi connectivity index (χ1v) is 7.13. The lowest BCUT2D eigenvalue weighted by molar-refractivity contribution is 0.305. The van der Waals surface area contributed by atoms with Crippen LogP contribution < -0.4 is 10.1 Å². The topological polar surface area (TPSA) is 34.2 Å². The van der Waals surface area contributed by atoms with E-state index in [9.17, 15) is 0 Å². The molecule has 0 aliphatic rings. The molecule has 3 nitrogen and oxygen atoms in total. The number of rotatable bonds is 6. The van der Waals surface area contributed by atoms with Crippen molar-refractivity contribution < 1.29 is 4.74 Å². The van der Waals surface area contributed by atoms with Gasteiger partial charge in [0, 0.05) is 17.1 Å². The third-order valence-electron chi connectivity index (χ3n) is 2.61. The molecule has 0 saturated heterocycles. The number of halogens is 1. The van der Waals surface area contributed by atoms with Crippen LogP contribution in [0, 0.1) is 0 Å². The lowest BCUT2D eigenvalue weighted by Crippen LogP contribution is -2.01. The molecule has 0 bridgehead atoms. The SMILES string of the molecule is CCCNc1cncc(OCc2ccc(Br)cc2)c1. The molecule has 0 amide bonds. The summed E-state index contributed by atoms with van der Waals surface area (Å²) in [6.45, 7) is 3.62. The predicted octanol–water partition coefficient (Wildman–Crippen LogP) is 4.25. The minimum atomic E-state index is 0.548. The lowest BCUT2D eigenvalue weighted by Gasteiger charge is -2.09. The molecule has 19 heavy (non-hydrogen) atoms. The number of pyridine rings is 1. The Balaban J connectivity index is 1.93. The van der Waals surface area contributed by atoms with Gasteiger partial charge < -0.3 is 10.1 Å². The molecular formula is C15H17BrN2O. The van der Waals surface area contributed by atoms with E-state index < -0.39 is 0 Å². The third-order valence-corrected chi connectivity index (χ3v) is 3.14. The van der Waals surface area contributed by atoms with Crippen molar-refractivity contribution in [2.45, 2.75) is 20.0 Å². The summed E-state index contributed by atoms with van der Waals surface area (Å²) in [5.41, 5.74) is 2.13. The Bertz CT molecular complexity index is 514. The van der Waals surface area contributed by atoms with Crippen LogP contribution >= 0.6 is 15.9 Å². The summed E-state index contributed by atoms with van der Waals surface area (Å²) < 4.78 is 6.81. The van der Waals surface area contributed by atoms with Gasteiger partial charge >= 0.3 is 0 Å². The highest BCUT2D eigenvalue weighted by atomic mass is 79.9. The molecule has 0 aliphatic carbocycles. The maximum absolute atomic E-state index is 5.73. The van der Waals surface area contributed by atoms with Gasteiger partial charge in [-0.05, 0) is 24.1 Å². The monoisotopic (exact) mass is 320 g/mol. The standard InChI is InChI=1S/C15H17BrN2O/c1-2-7-18-14-8-15(10-17-9-14)19-11-12-3-5-13(16)6-4-12/h3-6,8-10,18H,2,7,11H2,1H3. The maximum Gasteiger partial charge on any atom is 0.140 e. The van der Waals surface area contributed by atoms with Gasteiger partial charge in [0.15, 0.2) is 0 Å². The molecule has 0 fully saturated rings. The molecule has 2 aromatic rings.